The van der Waals surface area contributed by atoms with Gasteiger partial charge >= 0.3 is 0 Å². The van der Waals surface area contributed by atoms with Crippen LogP contribution in [-0.4, -0.2) is 0 Å². The van der Waals surface area contributed by atoms with Crippen molar-refractivity contribution in [3.05, 3.63) is 0 Å². The maximum atomic E-state index is 2.49. The highest BCUT2D eigenvalue weighted by atomic mass is 14.5. The van der Waals surface area contributed by atoms with Gasteiger partial charge in [-0.25, -0.2) is 0 Å². The van der Waals surface area contributed by atoms with Crippen LogP contribution < -0.4 is 0 Å². The Bertz CT molecular complexity index is 244. The van der Waals surface area contributed by atoms with Crippen LogP contribution >= 0.6 is 0 Å². The highest BCUT2D eigenvalue weighted by molar-refractivity contribution is 4.92. The van der Waals surface area contributed by atoms with Crippen LogP contribution in [0.25, 0.3) is 0 Å². The van der Waals surface area contributed by atoms with Gasteiger partial charge in [0.15, 0.2) is 0 Å². The second kappa shape index (κ2) is 5.55. The summed E-state index contributed by atoms with van der Waals surface area (Å²) in [5.74, 6) is 2.26. The summed E-state index contributed by atoms with van der Waals surface area (Å²) >= 11 is 0. The lowest BCUT2D eigenvalue weighted by atomic mass is 9.55. The SMILES string of the molecule is CC(C)C(C)C(C)(C)C(CC(C)(C)C)C(C)(C)C. The highest BCUT2D eigenvalue weighted by Gasteiger charge is 2.43. The minimum absolute atomic E-state index is 0.375. The smallest absolute Gasteiger partial charge is 0.0293 e. The Morgan fingerprint density at radius 2 is 1.11 bits per heavy atom. The Kier molecular flexibility index (Phi) is 5.55. The fourth-order valence-electron chi connectivity index (χ4n) is 3.47. The second-order valence-electron chi connectivity index (χ2n) is 9.54. The molecule has 2 atom stereocenters. The molecular formula is C18H38. The van der Waals surface area contributed by atoms with Gasteiger partial charge in [0.1, 0.15) is 0 Å². The zero-order valence-corrected chi connectivity index (χ0v) is 14.9. The standard InChI is InChI=1S/C18H38/c1-13(2)14(3)18(10,11)15(17(7,8)9)12-16(4,5)6/h13-15H,12H2,1-11H3. The first-order valence-electron chi connectivity index (χ1n) is 7.69. The van der Waals surface area contributed by atoms with Gasteiger partial charge in [0, 0.05) is 0 Å². The van der Waals surface area contributed by atoms with E-state index in [1.54, 1.807) is 0 Å². The topological polar surface area (TPSA) is 0 Å². The summed E-state index contributed by atoms with van der Waals surface area (Å²) in [4.78, 5) is 0. The zero-order valence-electron chi connectivity index (χ0n) is 14.9. The molecule has 0 aromatic heterocycles. The summed E-state index contributed by atoms with van der Waals surface area (Å²) < 4.78 is 0. The average molecular weight is 255 g/mol. The van der Waals surface area contributed by atoms with E-state index in [-0.39, 0.29) is 0 Å². The van der Waals surface area contributed by atoms with E-state index in [1.165, 1.54) is 6.42 Å². The Hall–Kier alpha value is 0. The highest BCUT2D eigenvalue weighted by Crippen LogP contribution is 2.51. The van der Waals surface area contributed by atoms with Gasteiger partial charge in [0.05, 0.1) is 0 Å². The lowest BCUT2D eigenvalue weighted by Gasteiger charge is -2.50. The normalized spacial score (nSPS) is 18.0. The third kappa shape index (κ3) is 4.94. The summed E-state index contributed by atoms with van der Waals surface area (Å²) in [5.41, 5.74) is 1.17. The fourth-order valence-corrected chi connectivity index (χ4v) is 3.47. The number of hydrogen-bond donors (Lipinski definition) is 0. The van der Waals surface area contributed by atoms with Crippen molar-refractivity contribution in [2.45, 2.75) is 82.6 Å². The van der Waals surface area contributed by atoms with E-state index in [2.05, 4.69) is 76.2 Å². The van der Waals surface area contributed by atoms with Crippen LogP contribution in [0.2, 0.25) is 0 Å². The molecule has 0 heterocycles. The first-order valence-corrected chi connectivity index (χ1v) is 7.69. The van der Waals surface area contributed by atoms with Gasteiger partial charge < -0.3 is 0 Å². The Balaban J connectivity index is 5.32. The maximum Gasteiger partial charge on any atom is -0.0293 e. The third-order valence-corrected chi connectivity index (χ3v) is 4.93. The van der Waals surface area contributed by atoms with E-state index in [0.717, 1.165) is 17.8 Å². The zero-order chi connectivity index (χ0) is 14.9. The summed E-state index contributed by atoms with van der Waals surface area (Å²) in [6, 6.07) is 0. The minimum atomic E-state index is 0.375. The van der Waals surface area contributed by atoms with E-state index in [4.69, 9.17) is 0 Å². The summed E-state index contributed by atoms with van der Waals surface area (Å²) in [6.07, 6.45) is 1.31. The monoisotopic (exact) mass is 254 g/mol. The van der Waals surface area contributed by atoms with Crippen molar-refractivity contribution in [3.63, 3.8) is 0 Å². The molecule has 0 rings (SSSR count). The van der Waals surface area contributed by atoms with Crippen LogP contribution in [0.15, 0.2) is 0 Å². The van der Waals surface area contributed by atoms with Crippen molar-refractivity contribution in [2.24, 2.45) is 34.0 Å². The van der Waals surface area contributed by atoms with Gasteiger partial charge in [0.25, 0.3) is 0 Å². The van der Waals surface area contributed by atoms with Crippen molar-refractivity contribution in [2.75, 3.05) is 0 Å². The van der Waals surface area contributed by atoms with Crippen LogP contribution in [0.4, 0.5) is 0 Å². The van der Waals surface area contributed by atoms with Crippen molar-refractivity contribution in [3.8, 4) is 0 Å². The molecule has 2 unspecified atom stereocenters. The molecule has 0 aromatic rings. The molecule has 110 valence electrons. The molecule has 0 aliphatic heterocycles. The molecule has 0 saturated carbocycles. The van der Waals surface area contributed by atoms with E-state index in [9.17, 15) is 0 Å². The van der Waals surface area contributed by atoms with E-state index in [1.807, 2.05) is 0 Å². The van der Waals surface area contributed by atoms with Crippen molar-refractivity contribution < 1.29 is 0 Å². The van der Waals surface area contributed by atoms with Gasteiger partial charge in [-0.3, -0.25) is 0 Å². The average Bonchev–Trinajstić information content (AvgIpc) is 2.09. The van der Waals surface area contributed by atoms with Gasteiger partial charge in [-0.15, -0.1) is 0 Å². The lowest BCUT2D eigenvalue weighted by molar-refractivity contribution is -0.00689. The van der Waals surface area contributed by atoms with Gasteiger partial charge in [-0.1, -0.05) is 76.2 Å². The molecule has 0 nitrogen and oxygen atoms in total. The van der Waals surface area contributed by atoms with Crippen LogP contribution in [0, 0.1) is 34.0 Å². The second-order valence-corrected chi connectivity index (χ2v) is 9.54. The lowest BCUT2D eigenvalue weighted by Crippen LogP contribution is -2.42. The minimum Gasteiger partial charge on any atom is -0.0625 e. The molecule has 0 amide bonds. The molecule has 0 saturated heterocycles. The quantitative estimate of drug-likeness (QED) is 0.544. The molecule has 18 heavy (non-hydrogen) atoms. The van der Waals surface area contributed by atoms with E-state index < -0.39 is 0 Å². The molecule has 0 spiro atoms. The number of hydrogen-bond acceptors (Lipinski definition) is 0. The molecular weight excluding hydrogens is 216 g/mol. The molecule has 0 fully saturated rings. The predicted molar refractivity (Wildman–Crippen MR) is 84.8 cm³/mol. The fraction of sp³-hybridized carbons (Fsp3) is 1.00. The van der Waals surface area contributed by atoms with Gasteiger partial charge in [0.2, 0.25) is 0 Å². The molecule has 0 aromatic carbocycles. The van der Waals surface area contributed by atoms with E-state index in [0.29, 0.717) is 16.2 Å². The molecule has 0 bridgehead atoms. The van der Waals surface area contributed by atoms with Crippen LogP contribution in [0.1, 0.15) is 82.6 Å². The van der Waals surface area contributed by atoms with Crippen LogP contribution in [0.3, 0.4) is 0 Å². The largest absolute Gasteiger partial charge is 0.0625 e. The number of rotatable bonds is 4. The molecule has 0 aliphatic carbocycles. The summed E-state index contributed by atoms with van der Waals surface area (Å²) in [5, 5.41) is 0. The maximum absolute atomic E-state index is 2.49. The van der Waals surface area contributed by atoms with Crippen molar-refractivity contribution in [1.29, 1.82) is 0 Å². The first kappa shape index (κ1) is 18.0. The Morgan fingerprint density at radius 3 is 1.33 bits per heavy atom. The van der Waals surface area contributed by atoms with Crippen molar-refractivity contribution >= 4 is 0 Å². The molecule has 0 N–H and O–H groups in total. The van der Waals surface area contributed by atoms with Crippen LogP contribution in [-0.2, 0) is 0 Å². The molecule has 0 radical (unpaired) electrons. The predicted octanol–water partition coefficient (Wildman–Crippen LogP) is 6.40. The van der Waals surface area contributed by atoms with E-state index >= 15 is 0 Å². The van der Waals surface area contributed by atoms with Crippen molar-refractivity contribution in [1.82, 2.24) is 0 Å². The third-order valence-electron chi connectivity index (χ3n) is 4.93. The summed E-state index contributed by atoms with van der Waals surface area (Å²) in [6.45, 7) is 26.5. The van der Waals surface area contributed by atoms with Crippen LogP contribution in [0.5, 0.6) is 0 Å². The Labute approximate surface area is 117 Å². The molecule has 0 heteroatoms. The van der Waals surface area contributed by atoms with Gasteiger partial charge in [-0.2, -0.15) is 0 Å². The Morgan fingerprint density at radius 1 is 0.722 bits per heavy atom. The summed E-state index contributed by atoms with van der Waals surface area (Å²) in [7, 11) is 0. The first-order chi connectivity index (χ1) is 7.69. The van der Waals surface area contributed by atoms with Gasteiger partial charge in [-0.05, 0) is 40.4 Å². The molecule has 0 aliphatic rings.